The monoisotopic (exact) mass is 404 g/mol. The Morgan fingerprint density at radius 2 is 2.10 bits per heavy atom. The molecule has 0 aromatic carbocycles. The van der Waals surface area contributed by atoms with Crippen molar-refractivity contribution in [2.24, 2.45) is 0 Å². The molecular formula is C22H24N6O2. The topological polar surface area (TPSA) is 85.8 Å². The van der Waals surface area contributed by atoms with Gasteiger partial charge in [-0.25, -0.2) is 14.5 Å². The van der Waals surface area contributed by atoms with Crippen molar-refractivity contribution in [1.82, 2.24) is 24.0 Å². The van der Waals surface area contributed by atoms with Crippen LogP contribution >= 0.6 is 0 Å². The third-order valence-electron chi connectivity index (χ3n) is 5.44. The maximum absolute atomic E-state index is 13.2. The molecule has 1 amide bonds. The van der Waals surface area contributed by atoms with Gasteiger partial charge < -0.3 is 14.5 Å². The first kappa shape index (κ1) is 18.6. The highest BCUT2D eigenvalue weighted by atomic mass is 16.5. The number of hydrogen-bond acceptors (Lipinski definition) is 5. The molecule has 8 heteroatoms. The number of anilines is 1. The molecule has 4 aromatic rings. The Labute approximate surface area is 173 Å². The molecule has 1 fully saturated rings. The number of nitrogens with zero attached hydrogens (tertiary/aromatic N) is 5. The van der Waals surface area contributed by atoms with Gasteiger partial charge in [-0.2, -0.15) is 5.10 Å². The molecule has 1 aliphatic rings. The van der Waals surface area contributed by atoms with E-state index in [1.165, 1.54) is 0 Å². The van der Waals surface area contributed by atoms with Crippen LogP contribution in [0.1, 0.15) is 56.1 Å². The summed E-state index contributed by atoms with van der Waals surface area (Å²) in [5.74, 6) is 0.290. The zero-order chi connectivity index (χ0) is 20.9. The number of carbonyl (C=O) groups excluding carboxylic acids is 1. The average Bonchev–Trinajstić information content (AvgIpc) is 3.28. The van der Waals surface area contributed by atoms with Crippen molar-refractivity contribution in [1.29, 1.82) is 0 Å². The summed E-state index contributed by atoms with van der Waals surface area (Å²) < 4.78 is 9.67. The van der Waals surface area contributed by atoms with E-state index in [0.717, 1.165) is 30.6 Å². The van der Waals surface area contributed by atoms with Gasteiger partial charge in [-0.3, -0.25) is 4.79 Å². The molecule has 1 saturated carbocycles. The van der Waals surface area contributed by atoms with E-state index in [1.54, 1.807) is 35.4 Å². The van der Waals surface area contributed by atoms with Gasteiger partial charge in [0.1, 0.15) is 17.1 Å². The van der Waals surface area contributed by atoms with Crippen LogP contribution in [0.4, 0.5) is 5.69 Å². The number of rotatable bonds is 4. The Balaban J connectivity index is 1.54. The van der Waals surface area contributed by atoms with Crippen molar-refractivity contribution in [3.63, 3.8) is 0 Å². The number of carbonyl (C=O) groups is 1. The second-order valence-electron chi connectivity index (χ2n) is 8.76. The molecule has 30 heavy (non-hydrogen) atoms. The van der Waals surface area contributed by atoms with Crippen molar-refractivity contribution >= 4 is 22.9 Å². The predicted octanol–water partition coefficient (Wildman–Crippen LogP) is 3.86. The van der Waals surface area contributed by atoms with Gasteiger partial charge >= 0.3 is 0 Å². The molecule has 0 spiro atoms. The molecule has 4 heterocycles. The molecule has 0 bridgehead atoms. The van der Waals surface area contributed by atoms with Gasteiger partial charge in [0, 0.05) is 36.3 Å². The molecule has 1 aliphatic carbocycles. The number of ether oxygens (including phenoxy) is 1. The minimum absolute atomic E-state index is 0.0911. The fourth-order valence-corrected chi connectivity index (χ4v) is 3.42. The molecule has 8 nitrogen and oxygen atoms in total. The number of nitrogens with one attached hydrogen (secondary N) is 1. The van der Waals surface area contributed by atoms with Crippen molar-refractivity contribution in [2.45, 2.75) is 51.6 Å². The van der Waals surface area contributed by atoms with E-state index in [1.807, 2.05) is 16.7 Å². The van der Waals surface area contributed by atoms with Gasteiger partial charge in [0.25, 0.3) is 5.91 Å². The maximum atomic E-state index is 13.2. The zero-order valence-electron chi connectivity index (χ0n) is 17.3. The van der Waals surface area contributed by atoms with Crippen LogP contribution < -0.4 is 10.1 Å². The Bertz CT molecular complexity index is 1250. The Morgan fingerprint density at radius 1 is 1.27 bits per heavy atom. The lowest BCUT2D eigenvalue weighted by Gasteiger charge is -2.27. The van der Waals surface area contributed by atoms with Crippen LogP contribution in [-0.2, 0) is 5.41 Å². The maximum Gasteiger partial charge on any atom is 0.261 e. The Hall–Kier alpha value is -3.42. The van der Waals surface area contributed by atoms with E-state index in [9.17, 15) is 4.79 Å². The van der Waals surface area contributed by atoms with Gasteiger partial charge in [0.15, 0.2) is 5.65 Å². The van der Waals surface area contributed by atoms with Gasteiger partial charge in [-0.05, 0) is 25.3 Å². The lowest BCUT2D eigenvalue weighted by Crippen LogP contribution is -2.26. The van der Waals surface area contributed by atoms with Crippen LogP contribution in [0.25, 0.3) is 11.3 Å². The summed E-state index contributed by atoms with van der Waals surface area (Å²) in [7, 11) is 0. The lowest BCUT2D eigenvalue weighted by molar-refractivity contribution is 0.0991. The van der Waals surface area contributed by atoms with Crippen molar-refractivity contribution in [2.75, 3.05) is 5.32 Å². The number of pyridine rings is 1. The summed E-state index contributed by atoms with van der Waals surface area (Å²) >= 11 is 0. The molecule has 5 rings (SSSR count). The first-order valence-corrected chi connectivity index (χ1v) is 10.2. The van der Waals surface area contributed by atoms with E-state index in [-0.39, 0.29) is 17.4 Å². The molecular weight excluding hydrogens is 380 g/mol. The molecule has 0 aliphatic heterocycles. The summed E-state index contributed by atoms with van der Waals surface area (Å²) in [4.78, 5) is 22.3. The summed E-state index contributed by atoms with van der Waals surface area (Å²) in [5.41, 5.74) is 3.24. The minimum Gasteiger partial charge on any atom is -0.489 e. The smallest absolute Gasteiger partial charge is 0.261 e. The molecule has 0 saturated heterocycles. The Morgan fingerprint density at radius 3 is 2.83 bits per heavy atom. The summed E-state index contributed by atoms with van der Waals surface area (Å²) in [5, 5.41) is 7.17. The molecule has 0 radical (unpaired) electrons. The van der Waals surface area contributed by atoms with Gasteiger partial charge in [-0.15, -0.1) is 0 Å². The summed E-state index contributed by atoms with van der Waals surface area (Å²) in [6.07, 6.45) is 12.1. The largest absolute Gasteiger partial charge is 0.489 e. The summed E-state index contributed by atoms with van der Waals surface area (Å²) in [6.45, 7) is 6.35. The van der Waals surface area contributed by atoms with Gasteiger partial charge in [0.05, 0.1) is 23.6 Å². The third kappa shape index (κ3) is 3.28. The second kappa shape index (κ2) is 6.83. The average molecular weight is 404 g/mol. The van der Waals surface area contributed by atoms with Crippen LogP contribution in [0, 0.1) is 0 Å². The normalized spacial score (nSPS) is 14.8. The Kier molecular flexibility index (Phi) is 4.23. The molecule has 1 N–H and O–H groups in total. The van der Waals surface area contributed by atoms with Crippen LogP contribution in [0.3, 0.4) is 0 Å². The van der Waals surface area contributed by atoms with Gasteiger partial charge in [0.2, 0.25) is 0 Å². The van der Waals surface area contributed by atoms with Crippen LogP contribution in [0.15, 0.2) is 43.1 Å². The lowest BCUT2D eigenvalue weighted by atomic mass is 9.93. The highest BCUT2D eigenvalue weighted by Crippen LogP contribution is 2.31. The van der Waals surface area contributed by atoms with Crippen molar-refractivity contribution in [3.8, 4) is 5.75 Å². The van der Waals surface area contributed by atoms with Crippen LogP contribution in [0.5, 0.6) is 5.75 Å². The quantitative estimate of drug-likeness (QED) is 0.558. The zero-order valence-corrected chi connectivity index (χ0v) is 17.3. The number of aromatic nitrogens is 5. The predicted molar refractivity (Wildman–Crippen MR) is 113 cm³/mol. The minimum atomic E-state index is -0.266. The van der Waals surface area contributed by atoms with Gasteiger partial charge in [-0.1, -0.05) is 20.8 Å². The van der Waals surface area contributed by atoms with Crippen LogP contribution in [0.2, 0.25) is 0 Å². The third-order valence-corrected chi connectivity index (χ3v) is 5.44. The second-order valence-corrected chi connectivity index (χ2v) is 8.76. The van der Waals surface area contributed by atoms with Crippen molar-refractivity contribution in [3.05, 3.63) is 54.4 Å². The number of hydrogen-bond donors (Lipinski definition) is 1. The van der Waals surface area contributed by atoms with Crippen LogP contribution in [-0.4, -0.2) is 36.0 Å². The first-order valence-electron chi connectivity index (χ1n) is 10.2. The van der Waals surface area contributed by atoms with E-state index >= 15 is 0 Å². The fourth-order valence-electron chi connectivity index (χ4n) is 3.42. The number of fused-ring (bicyclic) bond motifs is 2. The molecule has 154 valence electrons. The first-order chi connectivity index (χ1) is 14.4. The molecule has 0 unspecified atom stereocenters. The van der Waals surface area contributed by atoms with E-state index in [4.69, 9.17) is 9.72 Å². The van der Waals surface area contributed by atoms with E-state index in [0.29, 0.717) is 22.6 Å². The number of amides is 1. The summed E-state index contributed by atoms with van der Waals surface area (Å²) in [6, 6.07) is 3.65. The highest BCUT2D eigenvalue weighted by Gasteiger charge is 2.25. The standard InChI is InChI=1S/C22H24N6O2/c1-22(2,3)18-13-27-12-15(17(10-19(27)26-18)30-14-6-4-7-14)21(29)25-16-11-24-28-9-5-8-23-20(16)28/h5,8-14H,4,6-7H2,1-3H3,(H,25,29). The fraction of sp³-hybridized carbons (Fsp3) is 0.364. The van der Waals surface area contributed by atoms with Crippen molar-refractivity contribution < 1.29 is 9.53 Å². The highest BCUT2D eigenvalue weighted by molar-refractivity contribution is 6.07. The van der Waals surface area contributed by atoms with E-state index < -0.39 is 0 Å². The van der Waals surface area contributed by atoms with E-state index in [2.05, 4.69) is 36.2 Å². The number of imidazole rings is 1. The molecule has 0 atom stereocenters. The molecule has 4 aromatic heterocycles. The SMILES string of the molecule is CC(C)(C)c1cn2cc(C(=O)Nc3cnn4cccnc34)c(OC3CCC3)cc2n1.